The molecule has 0 bridgehead atoms. The van der Waals surface area contributed by atoms with Crippen LogP contribution < -0.4 is 5.32 Å². The number of anilines is 1. The van der Waals surface area contributed by atoms with Crippen LogP contribution in [0.4, 0.5) is 5.82 Å². The summed E-state index contributed by atoms with van der Waals surface area (Å²) in [5.41, 5.74) is 4.23. The third kappa shape index (κ3) is 3.81. The van der Waals surface area contributed by atoms with Crippen molar-refractivity contribution >= 4 is 17.2 Å². The molecule has 0 saturated carbocycles. The molecule has 0 spiro atoms. The third-order valence-electron chi connectivity index (χ3n) is 4.29. The van der Waals surface area contributed by atoms with Crippen LogP contribution in [0.1, 0.15) is 29.1 Å². The molecule has 0 radical (unpaired) electrons. The Morgan fingerprint density at radius 2 is 2.27 bits per heavy atom. The van der Waals surface area contributed by atoms with Gasteiger partial charge in [0.2, 0.25) is 0 Å². The van der Waals surface area contributed by atoms with E-state index in [1.165, 1.54) is 30.0 Å². The first kappa shape index (κ1) is 15.4. The van der Waals surface area contributed by atoms with E-state index >= 15 is 0 Å². The van der Waals surface area contributed by atoms with E-state index in [-0.39, 0.29) is 0 Å². The lowest BCUT2D eigenvalue weighted by atomic mass is 9.93. The van der Waals surface area contributed by atoms with Crippen LogP contribution in [-0.4, -0.2) is 40.2 Å². The van der Waals surface area contributed by atoms with E-state index in [0.717, 1.165) is 31.0 Å². The predicted octanol–water partition coefficient (Wildman–Crippen LogP) is 2.74. The molecule has 1 atom stereocenters. The third-order valence-corrected chi connectivity index (χ3v) is 5.21. The van der Waals surface area contributed by atoms with Gasteiger partial charge in [0.1, 0.15) is 5.82 Å². The smallest absolute Gasteiger partial charge is 0.148 e. The molecule has 0 aromatic carbocycles. The molecule has 3 rings (SSSR count). The quantitative estimate of drug-likeness (QED) is 0.919. The van der Waals surface area contributed by atoms with E-state index in [9.17, 15) is 0 Å². The molecule has 3 heterocycles. The van der Waals surface area contributed by atoms with Gasteiger partial charge in [-0.05, 0) is 50.8 Å². The van der Waals surface area contributed by atoms with Gasteiger partial charge in [-0.2, -0.15) is 5.10 Å². The number of aromatic nitrogens is 3. The summed E-state index contributed by atoms with van der Waals surface area (Å²) in [6.07, 6.45) is 3.58. The molecule has 0 aliphatic carbocycles. The number of piperidine rings is 1. The van der Waals surface area contributed by atoms with Crippen molar-refractivity contribution in [2.24, 2.45) is 5.92 Å². The molecule has 1 N–H and O–H groups in total. The Bertz CT molecular complexity index is 595. The van der Waals surface area contributed by atoms with Gasteiger partial charge < -0.3 is 5.32 Å². The average Bonchev–Trinajstić information content (AvgIpc) is 2.94. The largest absolute Gasteiger partial charge is 0.372 e. The van der Waals surface area contributed by atoms with Crippen molar-refractivity contribution in [1.29, 1.82) is 0 Å². The molecule has 6 heteroatoms. The minimum absolute atomic E-state index is 0.678. The molecule has 1 aliphatic heterocycles. The maximum absolute atomic E-state index is 4.35. The van der Waals surface area contributed by atoms with Gasteiger partial charge in [-0.25, -0.2) is 4.98 Å². The van der Waals surface area contributed by atoms with Crippen LogP contribution in [0.15, 0.2) is 17.6 Å². The second-order valence-electron chi connectivity index (χ2n) is 5.97. The standard InChI is InChI=1S/C16H23N5S/c1-12-15(22-11-18-12)10-21-7-3-4-13(9-21)8-14-5-6-16(17-2)20-19-14/h5-6,11,13H,3-4,7-10H2,1-2H3,(H,17,20)/t13-/m1/s1. The van der Waals surface area contributed by atoms with Crippen molar-refractivity contribution in [3.05, 3.63) is 33.9 Å². The summed E-state index contributed by atoms with van der Waals surface area (Å²) in [5, 5.41) is 11.5. The predicted molar refractivity (Wildman–Crippen MR) is 90.1 cm³/mol. The molecular weight excluding hydrogens is 294 g/mol. The van der Waals surface area contributed by atoms with Crippen molar-refractivity contribution in [2.75, 3.05) is 25.5 Å². The fourth-order valence-corrected chi connectivity index (χ4v) is 3.86. The topological polar surface area (TPSA) is 53.9 Å². The first-order chi connectivity index (χ1) is 10.7. The number of likely N-dealkylation sites (tertiary alicyclic amines) is 1. The maximum atomic E-state index is 4.35. The number of aryl methyl sites for hydroxylation is 1. The molecule has 2 aromatic rings. The van der Waals surface area contributed by atoms with Gasteiger partial charge in [0, 0.05) is 25.0 Å². The zero-order chi connectivity index (χ0) is 15.4. The Kier molecular flexibility index (Phi) is 5.00. The van der Waals surface area contributed by atoms with Gasteiger partial charge in [0.25, 0.3) is 0 Å². The highest BCUT2D eigenvalue weighted by Crippen LogP contribution is 2.23. The maximum Gasteiger partial charge on any atom is 0.148 e. The van der Waals surface area contributed by atoms with E-state index in [1.54, 1.807) is 11.3 Å². The van der Waals surface area contributed by atoms with Crippen molar-refractivity contribution in [2.45, 2.75) is 32.7 Å². The van der Waals surface area contributed by atoms with Crippen LogP contribution in [0.5, 0.6) is 0 Å². The Balaban J connectivity index is 1.57. The normalized spacial score (nSPS) is 19.3. The fraction of sp³-hybridized carbons (Fsp3) is 0.562. The summed E-state index contributed by atoms with van der Waals surface area (Å²) < 4.78 is 0. The van der Waals surface area contributed by atoms with Gasteiger partial charge in [-0.15, -0.1) is 16.4 Å². The lowest BCUT2D eigenvalue weighted by Gasteiger charge is -2.32. The van der Waals surface area contributed by atoms with E-state index in [4.69, 9.17) is 0 Å². The van der Waals surface area contributed by atoms with E-state index in [0.29, 0.717) is 5.92 Å². The van der Waals surface area contributed by atoms with Crippen LogP contribution in [0.2, 0.25) is 0 Å². The summed E-state index contributed by atoms with van der Waals surface area (Å²) >= 11 is 1.77. The Morgan fingerprint density at radius 1 is 1.36 bits per heavy atom. The number of nitrogens with one attached hydrogen (secondary N) is 1. The minimum Gasteiger partial charge on any atom is -0.372 e. The summed E-state index contributed by atoms with van der Waals surface area (Å²) in [7, 11) is 1.87. The van der Waals surface area contributed by atoms with Crippen LogP contribution in [0, 0.1) is 12.8 Å². The Morgan fingerprint density at radius 3 is 2.95 bits per heavy atom. The molecule has 1 fully saturated rings. The Hall–Kier alpha value is -1.53. The zero-order valence-electron chi connectivity index (χ0n) is 13.2. The highest BCUT2D eigenvalue weighted by molar-refractivity contribution is 7.09. The van der Waals surface area contributed by atoms with Crippen LogP contribution in [0.25, 0.3) is 0 Å². The molecule has 22 heavy (non-hydrogen) atoms. The molecule has 2 aromatic heterocycles. The molecule has 5 nitrogen and oxygen atoms in total. The van der Waals surface area contributed by atoms with Crippen LogP contribution in [-0.2, 0) is 13.0 Å². The summed E-state index contributed by atoms with van der Waals surface area (Å²) in [4.78, 5) is 8.31. The van der Waals surface area contributed by atoms with Crippen molar-refractivity contribution in [3.63, 3.8) is 0 Å². The van der Waals surface area contributed by atoms with Crippen LogP contribution >= 0.6 is 11.3 Å². The number of rotatable bonds is 5. The monoisotopic (exact) mass is 317 g/mol. The summed E-state index contributed by atoms with van der Waals surface area (Å²) in [6, 6.07) is 4.09. The van der Waals surface area contributed by atoms with E-state index in [2.05, 4.69) is 38.4 Å². The first-order valence-corrected chi connectivity index (χ1v) is 8.74. The summed E-state index contributed by atoms with van der Waals surface area (Å²) in [5.74, 6) is 1.51. The molecule has 1 aliphatic rings. The molecular formula is C16H23N5S. The highest BCUT2D eigenvalue weighted by Gasteiger charge is 2.21. The SMILES string of the molecule is CNc1ccc(C[C@H]2CCCN(Cc3scnc3C)C2)nn1. The number of hydrogen-bond acceptors (Lipinski definition) is 6. The number of hydrogen-bond donors (Lipinski definition) is 1. The van der Waals surface area contributed by atoms with Gasteiger partial charge in [0.05, 0.1) is 16.9 Å². The van der Waals surface area contributed by atoms with Gasteiger partial charge in [-0.1, -0.05) is 0 Å². The Labute approximate surface area is 135 Å². The van der Waals surface area contributed by atoms with Crippen molar-refractivity contribution in [3.8, 4) is 0 Å². The molecule has 1 saturated heterocycles. The lowest BCUT2D eigenvalue weighted by molar-refractivity contribution is 0.167. The lowest BCUT2D eigenvalue weighted by Crippen LogP contribution is -2.35. The second-order valence-corrected chi connectivity index (χ2v) is 6.91. The van der Waals surface area contributed by atoms with Crippen molar-refractivity contribution in [1.82, 2.24) is 20.1 Å². The molecule has 0 unspecified atom stereocenters. The fourth-order valence-electron chi connectivity index (χ4n) is 3.04. The van der Waals surface area contributed by atoms with Crippen LogP contribution in [0.3, 0.4) is 0 Å². The highest BCUT2D eigenvalue weighted by atomic mass is 32.1. The van der Waals surface area contributed by atoms with Gasteiger partial charge >= 0.3 is 0 Å². The second kappa shape index (κ2) is 7.15. The zero-order valence-corrected chi connectivity index (χ0v) is 14.1. The van der Waals surface area contributed by atoms with E-state index < -0.39 is 0 Å². The van der Waals surface area contributed by atoms with Gasteiger partial charge in [0.15, 0.2) is 0 Å². The number of nitrogens with zero attached hydrogens (tertiary/aromatic N) is 4. The summed E-state index contributed by atoms with van der Waals surface area (Å²) in [6.45, 7) is 5.48. The number of thiazole rings is 1. The van der Waals surface area contributed by atoms with Crippen molar-refractivity contribution < 1.29 is 0 Å². The average molecular weight is 317 g/mol. The first-order valence-electron chi connectivity index (χ1n) is 7.86. The molecule has 0 amide bonds. The minimum atomic E-state index is 0.678. The van der Waals surface area contributed by atoms with Gasteiger partial charge in [-0.3, -0.25) is 4.90 Å². The molecule has 118 valence electrons. The van der Waals surface area contributed by atoms with E-state index in [1.807, 2.05) is 18.6 Å².